The van der Waals surface area contributed by atoms with Gasteiger partial charge < -0.3 is 20.5 Å². The van der Waals surface area contributed by atoms with Crippen LogP contribution in [0.5, 0.6) is 5.88 Å². The number of anilines is 2. The summed E-state index contributed by atoms with van der Waals surface area (Å²) in [5.41, 5.74) is 0.905. The lowest BCUT2D eigenvalue weighted by Crippen LogP contribution is -2.41. The van der Waals surface area contributed by atoms with Gasteiger partial charge in [-0.15, -0.1) is 0 Å². The van der Waals surface area contributed by atoms with Gasteiger partial charge >= 0.3 is 0 Å². The van der Waals surface area contributed by atoms with E-state index in [-0.39, 0.29) is 24.2 Å². The zero-order valence-corrected chi connectivity index (χ0v) is 17.2. The van der Waals surface area contributed by atoms with Gasteiger partial charge in [-0.2, -0.15) is 10.2 Å². The van der Waals surface area contributed by atoms with E-state index < -0.39 is 6.67 Å². The minimum Gasteiger partial charge on any atom is -0.475 e. The lowest BCUT2D eigenvalue weighted by Gasteiger charge is -2.40. The van der Waals surface area contributed by atoms with Crippen LogP contribution in [0.2, 0.25) is 0 Å². The van der Waals surface area contributed by atoms with Gasteiger partial charge in [0.1, 0.15) is 30.7 Å². The number of halogens is 1. The topological polar surface area (TPSA) is 116 Å². The van der Waals surface area contributed by atoms with Crippen LogP contribution >= 0.6 is 0 Å². The molecule has 8 nitrogen and oxygen atoms in total. The quantitative estimate of drug-likeness (QED) is 0.604. The molecule has 3 N–H and O–H groups in total. The highest BCUT2D eigenvalue weighted by atomic mass is 19.1. The molecule has 3 rings (SSSR count). The normalized spacial score (nSPS) is 20.2. The summed E-state index contributed by atoms with van der Waals surface area (Å²) in [5, 5.41) is 26.0. The van der Waals surface area contributed by atoms with Crippen molar-refractivity contribution in [1.29, 1.82) is 5.26 Å². The van der Waals surface area contributed by atoms with E-state index in [9.17, 15) is 14.8 Å². The van der Waals surface area contributed by atoms with E-state index in [0.29, 0.717) is 36.2 Å². The number of aliphatic hydroxyl groups excluding tert-OH is 1. The van der Waals surface area contributed by atoms with Gasteiger partial charge in [-0.3, -0.25) is 0 Å². The second kappa shape index (κ2) is 9.67. The maximum atomic E-state index is 12.4. The molecule has 0 spiro atoms. The molecule has 0 bridgehead atoms. The van der Waals surface area contributed by atoms with E-state index in [1.807, 2.05) is 19.9 Å². The number of hydrogen-bond acceptors (Lipinski definition) is 8. The smallest absolute Gasteiger partial charge is 0.224 e. The fourth-order valence-electron chi connectivity index (χ4n) is 3.60. The van der Waals surface area contributed by atoms with Crippen LogP contribution in [0.3, 0.4) is 0 Å². The summed E-state index contributed by atoms with van der Waals surface area (Å²) in [6.45, 7) is 3.77. The van der Waals surface area contributed by atoms with Gasteiger partial charge in [0.2, 0.25) is 11.8 Å². The van der Waals surface area contributed by atoms with Gasteiger partial charge in [-0.05, 0) is 30.7 Å². The number of hydrogen-bond donors (Lipinski definition) is 3. The molecule has 1 aliphatic carbocycles. The van der Waals surface area contributed by atoms with E-state index in [2.05, 4.69) is 31.7 Å². The van der Waals surface area contributed by atoms with Gasteiger partial charge in [0.15, 0.2) is 0 Å². The van der Waals surface area contributed by atoms with E-state index in [1.165, 1.54) is 6.20 Å². The first kappa shape index (κ1) is 21.7. The van der Waals surface area contributed by atoms with Crippen molar-refractivity contribution in [3.8, 4) is 11.9 Å². The van der Waals surface area contributed by atoms with E-state index in [1.54, 1.807) is 12.3 Å². The van der Waals surface area contributed by atoms with Crippen LogP contribution < -0.4 is 15.4 Å². The number of nitrogens with zero attached hydrogens (tertiary/aromatic N) is 4. The summed E-state index contributed by atoms with van der Waals surface area (Å²) in [6.07, 6.45) is 5.00. The highest BCUT2D eigenvalue weighted by Crippen LogP contribution is 2.37. The summed E-state index contributed by atoms with van der Waals surface area (Å²) >= 11 is 0. The summed E-state index contributed by atoms with van der Waals surface area (Å²) in [6, 6.07) is 5.82. The summed E-state index contributed by atoms with van der Waals surface area (Å²) in [5.74, 6) is 1.18. The maximum Gasteiger partial charge on any atom is 0.224 e. The Kier molecular flexibility index (Phi) is 7.00. The van der Waals surface area contributed by atoms with Crippen molar-refractivity contribution in [2.75, 3.05) is 23.9 Å². The Morgan fingerprint density at radius 3 is 2.93 bits per heavy atom. The number of pyridine rings is 1. The maximum absolute atomic E-state index is 12.4. The molecule has 1 saturated carbocycles. The van der Waals surface area contributed by atoms with Crippen LogP contribution in [0.4, 0.5) is 16.2 Å². The molecule has 1 fully saturated rings. The number of alkyl halides is 1. The van der Waals surface area contributed by atoms with Gasteiger partial charge in [-0.1, -0.05) is 19.9 Å². The van der Waals surface area contributed by atoms with Gasteiger partial charge in [0, 0.05) is 24.3 Å². The van der Waals surface area contributed by atoms with Crippen LogP contribution in [0.1, 0.15) is 44.2 Å². The first-order chi connectivity index (χ1) is 14.4. The molecule has 1 aliphatic rings. The fourth-order valence-corrected chi connectivity index (χ4v) is 3.60. The molecular formula is C21H27FN6O2. The first-order valence-corrected chi connectivity index (χ1v) is 10.0. The Bertz CT molecular complexity index is 901. The molecule has 0 saturated heterocycles. The van der Waals surface area contributed by atoms with Crippen molar-refractivity contribution < 1.29 is 14.2 Å². The molecule has 0 aliphatic heterocycles. The average Bonchev–Trinajstić information content (AvgIpc) is 2.74. The third kappa shape index (κ3) is 5.33. The number of rotatable bonds is 8. The SMILES string of the molecule is CC1(C)C[C@H](Nc2nc(NCc3cccnc3OCCF)ncc2C#N)CC[C@@H]1O. The average molecular weight is 414 g/mol. The molecule has 0 amide bonds. The van der Waals surface area contributed by atoms with Crippen molar-refractivity contribution in [3.05, 3.63) is 35.7 Å². The lowest BCUT2D eigenvalue weighted by atomic mass is 9.73. The number of nitrogens with one attached hydrogen (secondary N) is 2. The third-order valence-corrected chi connectivity index (χ3v) is 5.32. The number of aliphatic hydroxyl groups is 1. The first-order valence-electron chi connectivity index (χ1n) is 10.0. The summed E-state index contributed by atoms with van der Waals surface area (Å²) < 4.78 is 17.7. The minimum atomic E-state index is -0.591. The predicted octanol–water partition coefficient (Wildman–Crippen LogP) is 3.06. The second-order valence-corrected chi connectivity index (χ2v) is 8.05. The molecule has 0 radical (unpaired) electrons. The lowest BCUT2D eigenvalue weighted by molar-refractivity contribution is 0.00926. The molecule has 2 aromatic heterocycles. The highest BCUT2D eigenvalue weighted by molar-refractivity contribution is 5.54. The Balaban J connectivity index is 1.70. The van der Waals surface area contributed by atoms with Crippen LogP contribution in [0.25, 0.3) is 0 Å². The fraction of sp³-hybridized carbons (Fsp3) is 0.524. The molecular weight excluding hydrogens is 387 g/mol. The van der Waals surface area contributed by atoms with Crippen LogP contribution in [-0.4, -0.2) is 45.5 Å². The molecule has 2 heterocycles. The van der Waals surface area contributed by atoms with Crippen molar-refractivity contribution in [2.45, 2.75) is 51.8 Å². The molecule has 2 atom stereocenters. The summed E-state index contributed by atoms with van der Waals surface area (Å²) in [4.78, 5) is 12.8. The monoisotopic (exact) mass is 414 g/mol. The Morgan fingerprint density at radius 2 is 2.20 bits per heavy atom. The van der Waals surface area contributed by atoms with Crippen molar-refractivity contribution in [3.63, 3.8) is 0 Å². The van der Waals surface area contributed by atoms with Crippen LogP contribution in [0.15, 0.2) is 24.5 Å². The Morgan fingerprint density at radius 1 is 1.37 bits per heavy atom. The molecule has 2 aromatic rings. The zero-order chi connectivity index (χ0) is 21.6. The second-order valence-electron chi connectivity index (χ2n) is 8.05. The molecule has 30 heavy (non-hydrogen) atoms. The highest BCUT2D eigenvalue weighted by Gasteiger charge is 2.35. The van der Waals surface area contributed by atoms with E-state index in [4.69, 9.17) is 4.74 Å². The predicted molar refractivity (Wildman–Crippen MR) is 111 cm³/mol. The van der Waals surface area contributed by atoms with Crippen molar-refractivity contribution in [2.24, 2.45) is 5.41 Å². The third-order valence-electron chi connectivity index (χ3n) is 5.32. The van der Waals surface area contributed by atoms with Gasteiger partial charge in [0.25, 0.3) is 0 Å². The summed E-state index contributed by atoms with van der Waals surface area (Å²) in [7, 11) is 0. The minimum absolute atomic E-state index is 0.0577. The van der Waals surface area contributed by atoms with E-state index >= 15 is 0 Å². The number of nitriles is 1. The molecule has 0 aromatic carbocycles. The van der Waals surface area contributed by atoms with Crippen LogP contribution in [-0.2, 0) is 6.54 Å². The van der Waals surface area contributed by atoms with Crippen molar-refractivity contribution in [1.82, 2.24) is 15.0 Å². The molecule has 9 heteroatoms. The standard InChI is InChI=1S/C21H27FN6O2/c1-21(2)10-16(5-6-17(21)29)27-18-15(11-23)13-26-20(28-18)25-12-14-4-3-8-24-19(14)30-9-7-22/h3-4,8,13,16-17,29H,5-7,9-10,12H2,1-2H3,(H2,25,26,27,28)/t16-,17+/m1/s1. The Hall–Kier alpha value is -2.99. The molecule has 0 unspecified atom stereocenters. The largest absolute Gasteiger partial charge is 0.475 e. The Labute approximate surface area is 175 Å². The number of aromatic nitrogens is 3. The van der Waals surface area contributed by atoms with Gasteiger partial charge in [-0.25, -0.2) is 14.4 Å². The molecule has 160 valence electrons. The zero-order valence-electron chi connectivity index (χ0n) is 17.2. The van der Waals surface area contributed by atoms with Crippen molar-refractivity contribution >= 4 is 11.8 Å². The van der Waals surface area contributed by atoms with E-state index in [0.717, 1.165) is 18.4 Å². The van der Waals surface area contributed by atoms with Crippen LogP contribution in [0, 0.1) is 16.7 Å². The number of ether oxygens (including phenoxy) is 1. The van der Waals surface area contributed by atoms with Gasteiger partial charge in [0.05, 0.1) is 12.3 Å².